The Bertz CT molecular complexity index is 345. The fourth-order valence-corrected chi connectivity index (χ4v) is 1.77. The number of halogens is 2. The summed E-state index contributed by atoms with van der Waals surface area (Å²) in [5.41, 5.74) is 6.77. The van der Waals surface area contributed by atoms with Crippen LogP contribution in [0.15, 0.2) is 24.3 Å². The van der Waals surface area contributed by atoms with E-state index in [2.05, 4.69) is 0 Å². The molecule has 82 valence electrons. The first kappa shape index (κ1) is 10.6. The van der Waals surface area contributed by atoms with Gasteiger partial charge in [0.15, 0.2) is 0 Å². The minimum Gasteiger partial charge on any atom is -0.325 e. The number of alkyl halides is 2. The van der Waals surface area contributed by atoms with E-state index >= 15 is 0 Å². The van der Waals surface area contributed by atoms with E-state index in [1.165, 1.54) is 6.07 Å². The van der Waals surface area contributed by atoms with Gasteiger partial charge in [0.05, 0.1) is 0 Å². The zero-order valence-corrected chi connectivity index (χ0v) is 8.55. The molecule has 0 aromatic heterocycles. The van der Waals surface area contributed by atoms with Gasteiger partial charge in [-0.2, -0.15) is 0 Å². The van der Waals surface area contributed by atoms with Crippen molar-refractivity contribution >= 4 is 0 Å². The Morgan fingerprint density at radius 3 is 2.53 bits per heavy atom. The second-order valence-electron chi connectivity index (χ2n) is 4.36. The molecule has 1 fully saturated rings. The topological polar surface area (TPSA) is 26.0 Å². The van der Waals surface area contributed by atoms with Crippen molar-refractivity contribution in [3.8, 4) is 0 Å². The maximum atomic E-state index is 12.6. The third kappa shape index (κ3) is 2.53. The Labute approximate surface area is 88.3 Å². The third-order valence-electron chi connectivity index (χ3n) is 3.07. The molecule has 1 nitrogen and oxygen atoms in total. The lowest BCUT2D eigenvalue weighted by Gasteiger charge is -2.11. The van der Waals surface area contributed by atoms with Crippen molar-refractivity contribution in [1.82, 2.24) is 0 Å². The van der Waals surface area contributed by atoms with Gasteiger partial charge in [-0.05, 0) is 31.2 Å². The van der Waals surface area contributed by atoms with Crippen LogP contribution in [-0.4, -0.2) is 5.54 Å². The lowest BCUT2D eigenvalue weighted by Crippen LogP contribution is -2.22. The number of nitrogens with two attached hydrogens (primary N) is 1. The van der Waals surface area contributed by atoms with E-state index in [-0.39, 0.29) is 11.1 Å². The summed E-state index contributed by atoms with van der Waals surface area (Å²) in [7, 11) is 0. The van der Waals surface area contributed by atoms with Crippen LogP contribution in [0.2, 0.25) is 0 Å². The SMILES string of the molecule is NC1(CCc2ccccc2C(F)F)CC1. The molecular weight excluding hydrogens is 196 g/mol. The van der Waals surface area contributed by atoms with Gasteiger partial charge in [-0.3, -0.25) is 0 Å². The van der Waals surface area contributed by atoms with Gasteiger partial charge in [0.2, 0.25) is 0 Å². The molecule has 15 heavy (non-hydrogen) atoms. The maximum absolute atomic E-state index is 12.6. The van der Waals surface area contributed by atoms with Crippen LogP contribution in [0.4, 0.5) is 8.78 Å². The summed E-state index contributed by atoms with van der Waals surface area (Å²) in [6, 6.07) is 6.72. The van der Waals surface area contributed by atoms with E-state index in [0.717, 1.165) is 24.8 Å². The van der Waals surface area contributed by atoms with E-state index in [1.54, 1.807) is 18.2 Å². The summed E-state index contributed by atoms with van der Waals surface area (Å²) < 4.78 is 25.3. The normalized spacial score (nSPS) is 18.1. The summed E-state index contributed by atoms with van der Waals surface area (Å²) in [4.78, 5) is 0. The predicted molar refractivity (Wildman–Crippen MR) is 55.9 cm³/mol. The Morgan fingerprint density at radius 1 is 1.27 bits per heavy atom. The van der Waals surface area contributed by atoms with E-state index in [9.17, 15) is 8.78 Å². The molecule has 0 unspecified atom stereocenters. The Kier molecular flexibility index (Phi) is 2.74. The van der Waals surface area contributed by atoms with Crippen molar-refractivity contribution in [2.45, 2.75) is 37.6 Å². The number of aryl methyl sites for hydroxylation is 1. The Balaban J connectivity index is 2.06. The molecule has 0 bridgehead atoms. The van der Waals surface area contributed by atoms with Crippen LogP contribution < -0.4 is 5.73 Å². The first-order valence-electron chi connectivity index (χ1n) is 5.26. The molecule has 3 heteroatoms. The van der Waals surface area contributed by atoms with Crippen LogP contribution in [0.3, 0.4) is 0 Å². The summed E-state index contributed by atoms with van der Waals surface area (Å²) in [5, 5.41) is 0. The highest BCUT2D eigenvalue weighted by atomic mass is 19.3. The van der Waals surface area contributed by atoms with E-state index < -0.39 is 6.43 Å². The number of hydrogen-bond donors (Lipinski definition) is 1. The molecule has 0 atom stereocenters. The second kappa shape index (κ2) is 3.89. The Morgan fingerprint density at radius 2 is 1.93 bits per heavy atom. The zero-order chi connectivity index (χ0) is 10.9. The van der Waals surface area contributed by atoms with E-state index in [4.69, 9.17) is 5.73 Å². The van der Waals surface area contributed by atoms with Crippen molar-refractivity contribution in [1.29, 1.82) is 0 Å². The van der Waals surface area contributed by atoms with Gasteiger partial charge >= 0.3 is 0 Å². The minimum atomic E-state index is -2.38. The van der Waals surface area contributed by atoms with E-state index in [1.807, 2.05) is 0 Å². The molecule has 2 rings (SSSR count). The number of hydrogen-bond acceptors (Lipinski definition) is 1. The fourth-order valence-electron chi connectivity index (χ4n) is 1.77. The summed E-state index contributed by atoms with van der Waals surface area (Å²) in [5.74, 6) is 0. The first-order chi connectivity index (χ1) is 7.11. The van der Waals surface area contributed by atoms with Gasteiger partial charge < -0.3 is 5.73 Å². The second-order valence-corrected chi connectivity index (χ2v) is 4.36. The molecule has 0 heterocycles. The van der Waals surface area contributed by atoms with Gasteiger partial charge in [0.1, 0.15) is 0 Å². The molecule has 0 radical (unpaired) electrons. The highest BCUT2D eigenvalue weighted by molar-refractivity contribution is 5.28. The summed E-state index contributed by atoms with van der Waals surface area (Å²) >= 11 is 0. The molecule has 0 amide bonds. The molecule has 1 aromatic rings. The van der Waals surface area contributed by atoms with Crippen LogP contribution in [0.1, 0.15) is 36.8 Å². The van der Waals surface area contributed by atoms with Gasteiger partial charge in [-0.1, -0.05) is 24.3 Å². The monoisotopic (exact) mass is 211 g/mol. The number of benzene rings is 1. The van der Waals surface area contributed by atoms with Crippen LogP contribution in [0.5, 0.6) is 0 Å². The standard InChI is InChI=1S/C12H15F2N/c13-11(14)10-4-2-1-3-9(10)5-6-12(15)7-8-12/h1-4,11H,5-8,15H2. The van der Waals surface area contributed by atoms with Crippen molar-refractivity contribution in [2.24, 2.45) is 5.73 Å². The Hall–Kier alpha value is -0.960. The van der Waals surface area contributed by atoms with Crippen molar-refractivity contribution < 1.29 is 8.78 Å². The molecule has 0 aliphatic heterocycles. The van der Waals surface area contributed by atoms with Crippen molar-refractivity contribution in [3.05, 3.63) is 35.4 Å². The molecule has 2 N–H and O–H groups in total. The zero-order valence-electron chi connectivity index (χ0n) is 8.55. The van der Waals surface area contributed by atoms with Crippen molar-refractivity contribution in [3.63, 3.8) is 0 Å². The molecule has 1 aliphatic rings. The third-order valence-corrected chi connectivity index (χ3v) is 3.07. The van der Waals surface area contributed by atoms with Crippen molar-refractivity contribution in [2.75, 3.05) is 0 Å². The van der Waals surface area contributed by atoms with Crippen LogP contribution in [-0.2, 0) is 6.42 Å². The van der Waals surface area contributed by atoms with Gasteiger partial charge in [-0.15, -0.1) is 0 Å². The van der Waals surface area contributed by atoms with Crippen LogP contribution in [0.25, 0.3) is 0 Å². The predicted octanol–water partition coefficient (Wildman–Crippen LogP) is 3.05. The fraction of sp³-hybridized carbons (Fsp3) is 0.500. The van der Waals surface area contributed by atoms with Gasteiger partial charge in [-0.25, -0.2) is 8.78 Å². The first-order valence-corrected chi connectivity index (χ1v) is 5.26. The maximum Gasteiger partial charge on any atom is 0.264 e. The average Bonchev–Trinajstić information content (AvgIpc) is 2.95. The van der Waals surface area contributed by atoms with Crippen LogP contribution >= 0.6 is 0 Å². The molecule has 1 aliphatic carbocycles. The summed E-state index contributed by atoms with van der Waals surface area (Å²) in [6.45, 7) is 0. The highest BCUT2D eigenvalue weighted by Crippen LogP contribution is 2.37. The molecular formula is C12H15F2N. The lowest BCUT2D eigenvalue weighted by atomic mass is 10.00. The average molecular weight is 211 g/mol. The van der Waals surface area contributed by atoms with E-state index in [0.29, 0.717) is 6.42 Å². The highest BCUT2D eigenvalue weighted by Gasteiger charge is 2.37. The van der Waals surface area contributed by atoms with Crippen LogP contribution in [0, 0.1) is 0 Å². The lowest BCUT2D eigenvalue weighted by molar-refractivity contribution is 0.150. The smallest absolute Gasteiger partial charge is 0.264 e. The molecule has 0 saturated heterocycles. The number of rotatable bonds is 4. The molecule has 0 spiro atoms. The minimum absolute atomic E-state index is 0.0603. The molecule has 1 saturated carbocycles. The van der Waals surface area contributed by atoms with Gasteiger partial charge in [0.25, 0.3) is 6.43 Å². The summed E-state index contributed by atoms with van der Waals surface area (Å²) in [6.07, 6.45) is 1.16. The quantitative estimate of drug-likeness (QED) is 0.813. The van der Waals surface area contributed by atoms with Gasteiger partial charge in [0, 0.05) is 11.1 Å². The molecule has 1 aromatic carbocycles. The largest absolute Gasteiger partial charge is 0.325 e.